The maximum atomic E-state index is 5.28. The van der Waals surface area contributed by atoms with Gasteiger partial charge in [-0.2, -0.15) is 0 Å². The summed E-state index contributed by atoms with van der Waals surface area (Å²) < 4.78 is 2.38. The smallest absolute Gasteiger partial charge is 0.160 e. The lowest BCUT2D eigenvalue weighted by Gasteiger charge is -2.12. The molecule has 3 nitrogen and oxygen atoms in total. The number of benzene rings is 8. The molecule has 0 saturated heterocycles. The molecule has 56 heavy (non-hydrogen) atoms. The van der Waals surface area contributed by atoms with Crippen molar-refractivity contribution in [3.05, 3.63) is 211 Å². The van der Waals surface area contributed by atoms with Crippen LogP contribution in [-0.2, 0) is 6.42 Å². The van der Waals surface area contributed by atoms with E-state index in [0.717, 1.165) is 40.4 Å². The molecule has 2 aromatic heterocycles. The molecule has 10 aromatic rings. The Bertz CT molecular complexity index is 3090. The highest BCUT2D eigenvalue weighted by Gasteiger charge is 2.27. The van der Waals surface area contributed by atoms with Crippen molar-refractivity contribution in [2.45, 2.75) is 6.42 Å². The van der Waals surface area contributed by atoms with Gasteiger partial charge in [0.2, 0.25) is 0 Å². The molecule has 0 unspecified atom stereocenters. The van der Waals surface area contributed by atoms with Crippen molar-refractivity contribution < 1.29 is 0 Å². The molecule has 1 aliphatic rings. The summed E-state index contributed by atoms with van der Waals surface area (Å²) in [7, 11) is 0. The van der Waals surface area contributed by atoms with Gasteiger partial charge >= 0.3 is 0 Å². The van der Waals surface area contributed by atoms with Crippen LogP contribution in [0.1, 0.15) is 11.1 Å². The number of aromatic nitrogens is 3. The van der Waals surface area contributed by atoms with Crippen LogP contribution in [0.3, 0.4) is 0 Å². The Morgan fingerprint density at radius 3 is 1.75 bits per heavy atom. The zero-order chi connectivity index (χ0) is 37.0. The molecule has 0 atom stereocenters. The SMILES string of the molecule is c1ccc(-c2cccc(-c3nc(-c4ccccc4)nc4c3Cc3cc(-c5cccc(-c6cccc7c6c6ccccc6n7-c6ccccc6)c5)ccc3-4)c2)cc1. The number of hydrogen-bond acceptors (Lipinski definition) is 2. The van der Waals surface area contributed by atoms with Gasteiger partial charge in [-0.1, -0.05) is 164 Å². The highest BCUT2D eigenvalue weighted by Crippen LogP contribution is 2.44. The Morgan fingerprint density at radius 2 is 0.946 bits per heavy atom. The lowest BCUT2D eigenvalue weighted by atomic mass is 9.94. The summed E-state index contributed by atoms with van der Waals surface area (Å²) in [6, 6.07) is 71.7. The van der Waals surface area contributed by atoms with E-state index >= 15 is 0 Å². The average molecular weight is 714 g/mol. The number of para-hydroxylation sites is 2. The number of nitrogens with zero attached hydrogens (tertiary/aromatic N) is 3. The van der Waals surface area contributed by atoms with Gasteiger partial charge in [-0.25, -0.2) is 9.97 Å². The lowest BCUT2D eigenvalue weighted by molar-refractivity contribution is 1.13. The van der Waals surface area contributed by atoms with Crippen LogP contribution in [0.25, 0.3) is 94.8 Å². The van der Waals surface area contributed by atoms with E-state index in [1.807, 2.05) is 6.07 Å². The third-order valence-corrected chi connectivity index (χ3v) is 11.2. The molecule has 262 valence electrons. The summed E-state index contributed by atoms with van der Waals surface area (Å²) in [6.45, 7) is 0. The number of hydrogen-bond donors (Lipinski definition) is 0. The highest BCUT2D eigenvalue weighted by atomic mass is 15.0. The van der Waals surface area contributed by atoms with Crippen molar-refractivity contribution in [3.8, 4) is 73.0 Å². The van der Waals surface area contributed by atoms with Crippen LogP contribution in [0, 0.1) is 0 Å². The predicted octanol–water partition coefficient (Wildman–Crippen LogP) is 13.5. The fourth-order valence-electron chi connectivity index (χ4n) is 8.63. The highest BCUT2D eigenvalue weighted by molar-refractivity contribution is 6.15. The Hall–Kier alpha value is -7.36. The van der Waals surface area contributed by atoms with Crippen LogP contribution in [0.15, 0.2) is 200 Å². The number of fused-ring (bicyclic) bond motifs is 6. The molecule has 0 saturated carbocycles. The summed E-state index contributed by atoms with van der Waals surface area (Å²) in [6.07, 6.45) is 0.774. The standard InChI is InChI=1S/C53H35N3/c1-4-15-35(16-5-1)37-19-13-22-41(32-37)51-47-34-42-33-39(29-30-45(42)52(47)55-53(54-51)36-17-6-2-7-18-36)38-20-12-21-40(31-38)44-26-14-28-49-50(44)46-25-10-11-27-48(46)56(49)43-23-8-3-9-24-43/h1-33H,34H2. The quantitative estimate of drug-likeness (QED) is 0.172. The van der Waals surface area contributed by atoms with Crippen molar-refractivity contribution >= 4 is 21.8 Å². The molecule has 0 fully saturated rings. The molecule has 0 aliphatic heterocycles. The van der Waals surface area contributed by atoms with E-state index in [4.69, 9.17) is 9.97 Å². The van der Waals surface area contributed by atoms with Gasteiger partial charge in [0.15, 0.2) is 5.82 Å². The first-order valence-corrected chi connectivity index (χ1v) is 19.2. The summed E-state index contributed by atoms with van der Waals surface area (Å²) in [5, 5.41) is 2.52. The third-order valence-electron chi connectivity index (χ3n) is 11.2. The second-order valence-corrected chi connectivity index (χ2v) is 14.6. The van der Waals surface area contributed by atoms with Crippen molar-refractivity contribution in [2.75, 3.05) is 0 Å². The van der Waals surface area contributed by atoms with E-state index in [2.05, 4.69) is 199 Å². The molecular formula is C53H35N3. The maximum Gasteiger partial charge on any atom is 0.160 e. The molecule has 0 N–H and O–H groups in total. The van der Waals surface area contributed by atoms with E-state index < -0.39 is 0 Å². The summed E-state index contributed by atoms with van der Waals surface area (Å²) in [5.74, 6) is 0.747. The third kappa shape index (κ3) is 5.36. The molecule has 8 aromatic carbocycles. The van der Waals surface area contributed by atoms with Crippen molar-refractivity contribution in [2.24, 2.45) is 0 Å². The number of rotatable bonds is 6. The topological polar surface area (TPSA) is 30.7 Å². The molecule has 1 aliphatic carbocycles. The first-order valence-electron chi connectivity index (χ1n) is 19.2. The van der Waals surface area contributed by atoms with Crippen molar-refractivity contribution in [1.82, 2.24) is 14.5 Å². The van der Waals surface area contributed by atoms with E-state index in [-0.39, 0.29) is 0 Å². The molecule has 3 heteroatoms. The molecule has 11 rings (SSSR count). The first kappa shape index (κ1) is 32.1. The lowest BCUT2D eigenvalue weighted by Crippen LogP contribution is -1.99. The van der Waals surface area contributed by atoms with E-state index in [1.165, 1.54) is 71.9 Å². The van der Waals surface area contributed by atoms with Crippen molar-refractivity contribution in [1.29, 1.82) is 0 Å². The van der Waals surface area contributed by atoms with E-state index in [1.54, 1.807) is 0 Å². The summed E-state index contributed by atoms with van der Waals surface area (Å²) in [4.78, 5) is 10.5. The predicted molar refractivity (Wildman–Crippen MR) is 232 cm³/mol. The van der Waals surface area contributed by atoms with Crippen molar-refractivity contribution in [3.63, 3.8) is 0 Å². The van der Waals surface area contributed by atoms with Gasteiger partial charge < -0.3 is 4.57 Å². The Balaban J connectivity index is 1.01. The largest absolute Gasteiger partial charge is 0.309 e. The van der Waals surface area contributed by atoms with Gasteiger partial charge in [0.1, 0.15) is 0 Å². The Kier molecular flexibility index (Phi) is 7.56. The van der Waals surface area contributed by atoms with Gasteiger partial charge in [-0.3, -0.25) is 0 Å². The minimum absolute atomic E-state index is 0.747. The van der Waals surface area contributed by atoms with E-state index in [0.29, 0.717) is 0 Å². The van der Waals surface area contributed by atoms with Crippen LogP contribution in [0.5, 0.6) is 0 Å². The van der Waals surface area contributed by atoms with Gasteiger partial charge in [0.05, 0.1) is 22.4 Å². The van der Waals surface area contributed by atoms with Gasteiger partial charge in [-0.15, -0.1) is 0 Å². The second kappa shape index (κ2) is 13.2. The molecule has 2 heterocycles. The van der Waals surface area contributed by atoms with Crippen LogP contribution in [0.4, 0.5) is 0 Å². The normalized spacial score (nSPS) is 11.9. The molecule has 0 amide bonds. The van der Waals surface area contributed by atoms with Crippen LogP contribution in [0.2, 0.25) is 0 Å². The Labute approximate surface area is 325 Å². The minimum Gasteiger partial charge on any atom is -0.309 e. The van der Waals surface area contributed by atoms with Gasteiger partial charge in [0, 0.05) is 45.1 Å². The fraction of sp³-hybridized carbons (Fsp3) is 0.0189. The zero-order valence-electron chi connectivity index (χ0n) is 30.6. The first-order chi connectivity index (χ1) is 27.8. The van der Waals surface area contributed by atoms with Crippen LogP contribution < -0.4 is 0 Å². The van der Waals surface area contributed by atoms with Gasteiger partial charge in [-0.05, 0) is 75.3 Å². The molecule has 0 radical (unpaired) electrons. The molecular weight excluding hydrogens is 679 g/mol. The molecule has 0 bridgehead atoms. The Morgan fingerprint density at radius 1 is 0.375 bits per heavy atom. The van der Waals surface area contributed by atoms with Crippen LogP contribution >= 0.6 is 0 Å². The fourth-order valence-corrected chi connectivity index (χ4v) is 8.63. The maximum absolute atomic E-state index is 5.28. The second-order valence-electron chi connectivity index (χ2n) is 14.6. The average Bonchev–Trinajstić information content (AvgIpc) is 3.82. The molecule has 0 spiro atoms. The van der Waals surface area contributed by atoms with E-state index in [9.17, 15) is 0 Å². The monoisotopic (exact) mass is 713 g/mol. The van der Waals surface area contributed by atoms with Gasteiger partial charge in [0.25, 0.3) is 0 Å². The van der Waals surface area contributed by atoms with Crippen LogP contribution in [-0.4, -0.2) is 14.5 Å². The summed E-state index contributed by atoms with van der Waals surface area (Å²) in [5.41, 5.74) is 18.5. The minimum atomic E-state index is 0.747. The zero-order valence-corrected chi connectivity index (χ0v) is 30.6. The summed E-state index contributed by atoms with van der Waals surface area (Å²) >= 11 is 0.